The van der Waals surface area contributed by atoms with E-state index >= 15 is 0 Å². The molecule has 5 atom stereocenters. The van der Waals surface area contributed by atoms with Crippen molar-refractivity contribution in [1.29, 1.82) is 0 Å². The van der Waals surface area contributed by atoms with E-state index in [1.165, 1.54) is 6.33 Å². The minimum absolute atomic E-state index is 0.180. The fourth-order valence-corrected chi connectivity index (χ4v) is 3.02. The fourth-order valence-electron chi connectivity index (χ4n) is 3.02. The van der Waals surface area contributed by atoms with Gasteiger partial charge in [0.05, 0.1) is 24.2 Å². The molecule has 1 amide bonds. The summed E-state index contributed by atoms with van der Waals surface area (Å²) in [6, 6.07) is 1.08. The van der Waals surface area contributed by atoms with Gasteiger partial charge in [0.25, 0.3) is 0 Å². The van der Waals surface area contributed by atoms with Crippen molar-refractivity contribution in [3.05, 3.63) is 18.6 Å². The number of amides is 1. The average molecular weight is 364 g/mol. The summed E-state index contributed by atoms with van der Waals surface area (Å²) in [6.07, 6.45) is -0.713. The molecule has 2 aromatic rings. The highest BCUT2D eigenvalue weighted by Gasteiger charge is 2.43. The molecule has 10 nitrogen and oxygen atoms in total. The molecular weight excluding hydrogens is 340 g/mol. The highest BCUT2D eigenvalue weighted by molar-refractivity contribution is 5.85. The number of nitrogens with zero attached hydrogens (tertiary/aromatic N) is 3. The number of aliphatic hydroxyl groups is 2. The molecule has 0 bridgehead atoms. The van der Waals surface area contributed by atoms with Crippen molar-refractivity contribution >= 4 is 22.8 Å². The van der Waals surface area contributed by atoms with Crippen LogP contribution in [0.4, 0.5) is 5.82 Å². The van der Waals surface area contributed by atoms with Crippen LogP contribution in [0.3, 0.4) is 0 Å². The maximum Gasteiger partial charge on any atom is 0.234 e. The Kier molecular flexibility index (Phi) is 5.37. The molecule has 26 heavy (non-hydrogen) atoms. The van der Waals surface area contributed by atoms with Gasteiger partial charge in [-0.3, -0.25) is 4.79 Å². The first-order chi connectivity index (χ1) is 12.4. The Balaban J connectivity index is 1.70. The topological polar surface area (TPSA) is 136 Å². The lowest BCUT2D eigenvalue weighted by molar-refractivity contribution is -0.172. The number of aromatic amines is 1. The molecule has 10 heteroatoms. The SMILES string of the molecule is C[C@@H]1O[C@H](Nc2ncnc3cc[nH]c23)[C@H](O)[C@H](O)[C@H]1NC(=O)CN(C)C. The summed E-state index contributed by atoms with van der Waals surface area (Å²) < 4.78 is 5.79. The van der Waals surface area contributed by atoms with Crippen molar-refractivity contribution < 1.29 is 19.7 Å². The van der Waals surface area contributed by atoms with Crippen molar-refractivity contribution in [2.75, 3.05) is 26.0 Å². The standard InChI is InChI=1S/C16H24N6O4/c1-8-11(20-10(23)6-22(2)3)13(24)14(25)16(26-8)21-15-12-9(4-5-17-12)18-7-19-15/h4-5,7-8,11,13-14,16-17,24-25H,6H2,1-3H3,(H,20,23)(H,18,19,21)/t8-,11-,13+,14+,16-/m0/s1. The van der Waals surface area contributed by atoms with Gasteiger partial charge in [0.15, 0.2) is 12.0 Å². The lowest BCUT2D eigenvalue weighted by atomic mass is 9.96. The molecule has 0 radical (unpaired) electrons. The highest BCUT2D eigenvalue weighted by Crippen LogP contribution is 2.24. The first kappa shape index (κ1) is 18.5. The maximum absolute atomic E-state index is 12.0. The minimum Gasteiger partial charge on any atom is -0.388 e. The largest absolute Gasteiger partial charge is 0.388 e. The number of H-pyrrole nitrogens is 1. The number of anilines is 1. The summed E-state index contributed by atoms with van der Waals surface area (Å²) in [5.41, 5.74) is 1.39. The van der Waals surface area contributed by atoms with Gasteiger partial charge in [0, 0.05) is 6.20 Å². The van der Waals surface area contributed by atoms with Gasteiger partial charge in [0.2, 0.25) is 5.91 Å². The van der Waals surface area contributed by atoms with Gasteiger partial charge in [-0.15, -0.1) is 0 Å². The Morgan fingerprint density at radius 2 is 2.12 bits per heavy atom. The zero-order chi connectivity index (χ0) is 18.8. The average Bonchev–Trinajstić information content (AvgIpc) is 3.05. The summed E-state index contributed by atoms with van der Waals surface area (Å²) >= 11 is 0. The van der Waals surface area contributed by atoms with Crippen LogP contribution in [0.25, 0.3) is 11.0 Å². The van der Waals surface area contributed by atoms with Crippen molar-refractivity contribution in [2.45, 2.75) is 37.5 Å². The number of hydrogen-bond acceptors (Lipinski definition) is 8. The summed E-state index contributed by atoms with van der Waals surface area (Å²) in [5.74, 6) is 0.204. The number of aromatic nitrogens is 3. The highest BCUT2D eigenvalue weighted by atomic mass is 16.5. The van der Waals surface area contributed by atoms with E-state index in [9.17, 15) is 15.0 Å². The van der Waals surface area contributed by atoms with Gasteiger partial charge in [-0.25, -0.2) is 9.97 Å². The molecular formula is C16H24N6O4. The predicted octanol–water partition coefficient (Wildman–Crippen LogP) is -1.12. The number of carbonyl (C=O) groups excluding carboxylic acids is 1. The van der Waals surface area contributed by atoms with E-state index in [-0.39, 0.29) is 12.5 Å². The number of hydrogen-bond donors (Lipinski definition) is 5. The molecule has 3 rings (SSSR count). The molecule has 0 unspecified atom stereocenters. The molecule has 0 spiro atoms. The van der Waals surface area contributed by atoms with Gasteiger partial charge < -0.3 is 35.5 Å². The summed E-state index contributed by atoms with van der Waals surface area (Å²) in [5, 5.41) is 26.6. The lowest BCUT2D eigenvalue weighted by Gasteiger charge is -2.42. The smallest absolute Gasteiger partial charge is 0.234 e. The molecule has 0 aliphatic carbocycles. The van der Waals surface area contributed by atoms with E-state index < -0.39 is 30.6 Å². The fraction of sp³-hybridized carbons (Fsp3) is 0.562. The Labute approximate surface area is 150 Å². The second-order valence-corrected chi connectivity index (χ2v) is 6.68. The quantitative estimate of drug-likeness (QED) is 0.450. The number of fused-ring (bicyclic) bond motifs is 1. The number of ether oxygens (including phenoxy) is 1. The minimum atomic E-state index is -1.25. The molecule has 5 N–H and O–H groups in total. The summed E-state index contributed by atoms with van der Waals surface area (Å²) in [7, 11) is 3.54. The van der Waals surface area contributed by atoms with E-state index in [0.717, 1.165) is 5.52 Å². The van der Waals surface area contributed by atoms with Gasteiger partial charge >= 0.3 is 0 Å². The monoisotopic (exact) mass is 364 g/mol. The Morgan fingerprint density at radius 3 is 2.85 bits per heavy atom. The van der Waals surface area contributed by atoms with E-state index in [1.807, 2.05) is 0 Å². The second kappa shape index (κ2) is 7.54. The van der Waals surface area contributed by atoms with Crippen LogP contribution in [-0.2, 0) is 9.53 Å². The molecule has 1 fully saturated rings. The molecule has 0 aromatic carbocycles. The van der Waals surface area contributed by atoms with Gasteiger partial charge in [-0.05, 0) is 27.1 Å². The van der Waals surface area contributed by atoms with E-state index in [0.29, 0.717) is 11.3 Å². The molecule has 3 heterocycles. The zero-order valence-corrected chi connectivity index (χ0v) is 14.9. The number of nitrogens with one attached hydrogen (secondary N) is 3. The predicted molar refractivity (Wildman–Crippen MR) is 94.3 cm³/mol. The number of rotatable bonds is 5. The second-order valence-electron chi connectivity index (χ2n) is 6.68. The van der Waals surface area contributed by atoms with Crippen LogP contribution in [0, 0.1) is 0 Å². The van der Waals surface area contributed by atoms with Crippen LogP contribution in [0.15, 0.2) is 18.6 Å². The molecule has 142 valence electrons. The van der Waals surface area contributed by atoms with Gasteiger partial charge in [0.1, 0.15) is 24.1 Å². The van der Waals surface area contributed by atoms with Crippen LogP contribution >= 0.6 is 0 Å². The van der Waals surface area contributed by atoms with E-state index in [4.69, 9.17) is 4.74 Å². The Morgan fingerprint density at radius 1 is 1.35 bits per heavy atom. The van der Waals surface area contributed by atoms with Crippen molar-refractivity contribution in [3.63, 3.8) is 0 Å². The van der Waals surface area contributed by atoms with Crippen LogP contribution in [-0.4, -0.2) is 87.2 Å². The first-order valence-electron chi connectivity index (χ1n) is 8.37. The van der Waals surface area contributed by atoms with Crippen molar-refractivity contribution in [2.24, 2.45) is 0 Å². The van der Waals surface area contributed by atoms with E-state index in [2.05, 4.69) is 25.6 Å². The Hall–Kier alpha value is -2.27. The normalized spacial score (nSPS) is 29.1. The molecule has 0 saturated carbocycles. The summed E-state index contributed by atoms with van der Waals surface area (Å²) in [6.45, 7) is 1.91. The third-order valence-electron chi connectivity index (χ3n) is 4.31. The van der Waals surface area contributed by atoms with Gasteiger partial charge in [-0.2, -0.15) is 0 Å². The number of aliphatic hydroxyl groups excluding tert-OH is 2. The van der Waals surface area contributed by atoms with Crippen LogP contribution < -0.4 is 10.6 Å². The van der Waals surface area contributed by atoms with E-state index in [1.54, 1.807) is 38.2 Å². The zero-order valence-electron chi connectivity index (χ0n) is 14.9. The molecule has 1 aliphatic rings. The third kappa shape index (κ3) is 3.78. The number of likely N-dealkylation sites (N-methyl/N-ethyl adjacent to an activating group) is 1. The van der Waals surface area contributed by atoms with Crippen molar-refractivity contribution in [1.82, 2.24) is 25.2 Å². The molecule has 1 saturated heterocycles. The molecule has 2 aromatic heterocycles. The lowest BCUT2D eigenvalue weighted by Crippen LogP contribution is -2.64. The van der Waals surface area contributed by atoms with Gasteiger partial charge in [-0.1, -0.05) is 0 Å². The first-order valence-corrected chi connectivity index (χ1v) is 8.37. The van der Waals surface area contributed by atoms with Crippen molar-refractivity contribution in [3.8, 4) is 0 Å². The third-order valence-corrected chi connectivity index (χ3v) is 4.31. The summed E-state index contributed by atoms with van der Waals surface area (Å²) in [4.78, 5) is 25.0. The molecule has 1 aliphatic heterocycles. The maximum atomic E-state index is 12.0. The van der Waals surface area contributed by atoms with Crippen LogP contribution in [0.5, 0.6) is 0 Å². The Bertz CT molecular complexity index is 766. The number of carbonyl (C=O) groups is 1. The van der Waals surface area contributed by atoms with Crippen LogP contribution in [0.1, 0.15) is 6.92 Å². The van der Waals surface area contributed by atoms with Crippen LogP contribution in [0.2, 0.25) is 0 Å².